The molecule has 33 heavy (non-hydrogen) atoms. The molecule has 0 spiro atoms. The first-order chi connectivity index (χ1) is 15.9. The van der Waals surface area contributed by atoms with Crippen LogP contribution in [0.1, 0.15) is 68.7 Å². The molecule has 7 nitrogen and oxygen atoms in total. The Morgan fingerprint density at radius 1 is 1.00 bits per heavy atom. The Balaban J connectivity index is 1.45. The number of imide groups is 1. The third-order valence-corrected chi connectivity index (χ3v) is 6.65. The molecule has 2 aliphatic rings. The average molecular weight is 449 g/mol. The van der Waals surface area contributed by atoms with Gasteiger partial charge in [-0.3, -0.25) is 24.1 Å². The number of likely N-dealkylation sites (tertiary alicyclic amines) is 1. The number of esters is 1. The van der Waals surface area contributed by atoms with E-state index in [4.69, 9.17) is 4.74 Å². The van der Waals surface area contributed by atoms with Crippen LogP contribution in [0.25, 0.3) is 0 Å². The maximum Gasteiger partial charge on any atom is 0.306 e. The van der Waals surface area contributed by atoms with E-state index in [-0.39, 0.29) is 41.1 Å². The van der Waals surface area contributed by atoms with E-state index >= 15 is 0 Å². The summed E-state index contributed by atoms with van der Waals surface area (Å²) >= 11 is 0. The van der Waals surface area contributed by atoms with Crippen LogP contribution in [0.4, 0.5) is 0 Å². The predicted molar refractivity (Wildman–Crippen MR) is 122 cm³/mol. The molecule has 2 aromatic carbocycles. The minimum absolute atomic E-state index is 0.0432. The number of hydrogen-bond donors (Lipinski definition) is 0. The molecule has 0 unspecified atom stereocenters. The molecule has 0 bridgehead atoms. The highest BCUT2D eigenvalue weighted by atomic mass is 16.5. The van der Waals surface area contributed by atoms with Gasteiger partial charge in [0.05, 0.1) is 24.2 Å². The quantitative estimate of drug-likeness (QED) is 0.499. The number of ether oxygens (including phenoxy) is 1. The van der Waals surface area contributed by atoms with Crippen molar-refractivity contribution >= 4 is 23.7 Å². The lowest BCUT2D eigenvalue weighted by Crippen LogP contribution is -2.40. The molecule has 1 fully saturated rings. The van der Waals surface area contributed by atoms with Crippen molar-refractivity contribution in [2.75, 3.05) is 26.7 Å². The van der Waals surface area contributed by atoms with Gasteiger partial charge in [0.25, 0.3) is 17.7 Å². The Morgan fingerprint density at radius 2 is 1.67 bits per heavy atom. The lowest BCUT2D eigenvalue weighted by molar-refractivity contribution is -0.144. The van der Waals surface area contributed by atoms with Crippen LogP contribution in [0.5, 0.6) is 0 Å². The van der Waals surface area contributed by atoms with Crippen molar-refractivity contribution in [3.8, 4) is 0 Å². The smallest absolute Gasteiger partial charge is 0.306 e. The third-order valence-electron chi connectivity index (χ3n) is 6.65. The van der Waals surface area contributed by atoms with Crippen LogP contribution >= 0.6 is 0 Å². The van der Waals surface area contributed by atoms with E-state index in [1.54, 1.807) is 24.0 Å². The van der Waals surface area contributed by atoms with Gasteiger partial charge in [-0.2, -0.15) is 0 Å². The zero-order chi connectivity index (χ0) is 23.5. The second-order valence-corrected chi connectivity index (χ2v) is 8.59. The number of piperidine rings is 1. The number of fused-ring (bicyclic) bond motifs is 1. The fourth-order valence-corrected chi connectivity index (χ4v) is 4.84. The fourth-order valence-electron chi connectivity index (χ4n) is 4.84. The van der Waals surface area contributed by atoms with Crippen LogP contribution < -0.4 is 0 Å². The van der Waals surface area contributed by atoms with E-state index in [1.165, 1.54) is 13.1 Å². The summed E-state index contributed by atoms with van der Waals surface area (Å²) in [5, 5.41) is 0. The van der Waals surface area contributed by atoms with Crippen LogP contribution in [0.2, 0.25) is 0 Å². The van der Waals surface area contributed by atoms with Crippen molar-refractivity contribution in [1.82, 2.24) is 9.80 Å². The lowest BCUT2D eigenvalue weighted by Gasteiger charge is -2.36. The largest absolute Gasteiger partial charge is 0.466 e. The van der Waals surface area contributed by atoms with Crippen molar-refractivity contribution in [3.63, 3.8) is 0 Å². The minimum atomic E-state index is -0.381. The summed E-state index contributed by atoms with van der Waals surface area (Å²) in [6.07, 6.45) is 1.87. The number of benzene rings is 2. The molecule has 0 aliphatic carbocycles. The summed E-state index contributed by atoms with van der Waals surface area (Å²) < 4.78 is 5.20. The van der Waals surface area contributed by atoms with Gasteiger partial charge in [-0.15, -0.1) is 0 Å². The molecule has 2 heterocycles. The molecule has 172 valence electrons. The van der Waals surface area contributed by atoms with Gasteiger partial charge in [-0.1, -0.05) is 30.3 Å². The van der Waals surface area contributed by atoms with Gasteiger partial charge in [0.2, 0.25) is 0 Å². The van der Waals surface area contributed by atoms with Gasteiger partial charge >= 0.3 is 5.97 Å². The summed E-state index contributed by atoms with van der Waals surface area (Å²) in [5.74, 6) is -0.772. The number of nitrogens with zero attached hydrogens (tertiary/aromatic N) is 2. The molecule has 0 saturated carbocycles. The Kier molecular flexibility index (Phi) is 6.58. The average Bonchev–Trinajstić information content (AvgIpc) is 3.06. The number of amides is 3. The van der Waals surface area contributed by atoms with E-state index in [1.807, 2.05) is 30.3 Å². The maximum atomic E-state index is 13.1. The predicted octanol–water partition coefficient (Wildman–Crippen LogP) is 3.50. The molecule has 2 aliphatic heterocycles. The third kappa shape index (κ3) is 4.53. The second-order valence-electron chi connectivity index (χ2n) is 8.59. The molecule has 1 saturated heterocycles. The molecule has 0 N–H and O–H groups in total. The van der Waals surface area contributed by atoms with Gasteiger partial charge < -0.3 is 9.64 Å². The monoisotopic (exact) mass is 448 g/mol. The van der Waals surface area contributed by atoms with E-state index in [0.717, 1.165) is 23.3 Å². The number of rotatable bonds is 6. The van der Waals surface area contributed by atoms with Gasteiger partial charge in [0.15, 0.2) is 0 Å². The van der Waals surface area contributed by atoms with Crippen molar-refractivity contribution in [1.29, 1.82) is 0 Å². The topological polar surface area (TPSA) is 84.0 Å². The number of hydrogen-bond acceptors (Lipinski definition) is 5. The second kappa shape index (κ2) is 9.57. The van der Waals surface area contributed by atoms with E-state index in [2.05, 4.69) is 0 Å². The molecular formula is C26H28N2O5. The first-order valence-corrected chi connectivity index (χ1v) is 11.4. The summed E-state index contributed by atoms with van der Waals surface area (Å²) in [5.41, 5.74) is 2.14. The van der Waals surface area contributed by atoms with Crippen molar-refractivity contribution in [2.24, 2.45) is 5.92 Å². The molecule has 3 amide bonds. The molecule has 4 rings (SSSR count). The SMILES string of the molecule is CCOC(=O)C[C@H](c1ccccc1)C1CCN(C(=O)c2ccc3c(c2)C(=O)N(C)C3=O)CC1. The molecule has 1 atom stereocenters. The van der Waals surface area contributed by atoms with E-state index in [9.17, 15) is 19.2 Å². The summed E-state index contributed by atoms with van der Waals surface area (Å²) in [6.45, 7) is 3.30. The summed E-state index contributed by atoms with van der Waals surface area (Å²) in [6, 6.07) is 14.7. The van der Waals surface area contributed by atoms with Crippen LogP contribution in [-0.2, 0) is 9.53 Å². The minimum Gasteiger partial charge on any atom is -0.466 e. The van der Waals surface area contributed by atoms with Crippen molar-refractivity contribution in [3.05, 3.63) is 70.8 Å². The zero-order valence-electron chi connectivity index (χ0n) is 19.0. The Hall–Kier alpha value is -3.48. The highest BCUT2D eigenvalue weighted by Crippen LogP contribution is 2.36. The van der Waals surface area contributed by atoms with Crippen LogP contribution in [0.15, 0.2) is 48.5 Å². The lowest BCUT2D eigenvalue weighted by atomic mass is 9.78. The first-order valence-electron chi connectivity index (χ1n) is 11.4. The Labute approximate surface area is 193 Å². The van der Waals surface area contributed by atoms with Crippen molar-refractivity contribution in [2.45, 2.75) is 32.1 Å². The standard InChI is InChI=1S/C26H28N2O5/c1-3-33-23(29)16-21(17-7-5-4-6-8-17)18-11-13-28(14-12-18)24(30)19-9-10-20-22(15-19)26(32)27(2)25(20)31/h4-10,15,18,21H,3,11-14,16H2,1-2H3/t21-/m1/s1. The normalized spacial score (nSPS) is 17.2. The Bertz CT molecular complexity index is 1070. The fraction of sp³-hybridized carbons (Fsp3) is 0.385. The van der Waals surface area contributed by atoms with Gasteiger partial charge in [-0.05, 0) is 55.4 Å². The van der Waals surface area contributed by atoms with Crippen molar-refractivity contribution < 1.29 is 23.9 Å². The van der Waals surface area contributed by atoms with Gasteiger partial charge in [0, 0.05) is 25.7 Å². The number of carbonyl (C=O) groups is 4. The maximum absolute atomic E-state index is 13.1. The molecule has 2 aromatic rings. The van der Waals surface area contributed by atoms with Gasteiger partial charge in [-0.25, -0.2) is 0 Å². The number of carbonyl (C=O) groups excluding carboxylic acids is 4. The summed E-state index contributed by atoms with van der Waals surface area (Å²) in [4.78, 5) is 52.6. The van der Waals surface area contributed by atoms with Crippen LogP contribution in [0.3, 0.4) is 0 Å². The van der Waals surface area contributed by atoms with Crippen LogP contribution in [-0.4, -0.2) is 60.2 Å². The highest BCUT2D eigenvalue weighted by Gasteiger charge is 2.35. The highest BCUT2D eigenvalue weighted by molar-refractivity contribution is 6.21. The van der Waals surface area contributed by atoms with Crippen LogP contribution in [0, 0.1) is 5.92 Å². The Morgan fingerprint density at radius 3 is 2.33 bits per heavy atom. The van der Waals surface area contributed by atoms with Gasteiger partial charge in [0.1, 0.15) is 0 Å². The molecule has 0 radical (unpaired) electrons. The van der Waals surface area contributed by atoms with E-state index in [0.29, 0.717) is 37.2 Å². The molecular weight excluding hydrogens is 420 g/mol. The molecule has 0 aromatic heterocycles. The van der Waals surface area contributed by atoms with E-state index < -0.39 is 0 Å². The first kappa shape index (κ1) is 22.7. The summed E-state index contributed by atoms with van der Waals surface area (Å²) in [7, 11) is 1.44. The zero-order valence-corrected chi connectivity index (χ0v) is 19.0. The molecule has 7 heteroatoms.